The number of halogens is 1. The van der Waals surface area contributed by atoms with Crippen LogP contribution in [0, 0.1) is 9.85 Å². The van der Waals surface area contributed by atoms with E-state index in [4.69, 9.17) is 4.74 Å². The second kappa shape index (κ2) is 6.90. The van der Waals surface area contributed by atoms with Crippen LogP contribution in [0.3, 0.4) is 0 Å². The molecule has 0 aliphatic heterocycles. The molecule has 0 N–H and O–H groups in total. The Morgan fingerprint density at radius 2 is 2.50 bits per heavy atom. The number of hydrogen-bond acceptors (Lipinski definition) is 4. The first-order valence-corrected chi connectivity index (χ1v) is 6.10. The maximum atomic E-state index is 5.29. The van der Waals surface area contributed by atoms with E-state index in [1.165, 1.54) is 0 Å². The van der Waals surface area contributed by atoms with Gasteiger partial charge in [-0.1, -0.05) is 24.6 Å². The van der Waals surface area contributed by atoms with E-state index in [1.807, 2.05) is 22.6 Å². The SMILES string of the molecule is CCSc1nccc(OCC#CI)n1. The summed E-state index contributed by atoms with van der Waals surface area (Å²) in [5, 5.41) is 0.743. The van der Waals surface area contributed by atoms with Gasteiger partial charge in [-0.25, -0.2) is 4.98 Å². The number of thioether (sulfide) groups is 1. The average Bonchev–Trinajstić information content (AvgIpc) is 2.19. The normalized spacial score (nSPS) is 9.00. The van der Waals surface area contributed by atoms with Crippen LogP contribution >= 0.6 is 34.4 Å². The van der Waals surface area contributed by atoms with Gasteiger partial charge < -0.3 is 4.74 Å². The molecular formula is C9H9IN2OS. The van der Waals surface area contributed by atoms with Gasteiger partial charge in [0.05, 0.1) is 0 Å². The molecular weight excluding hydrogens is 311 g/mol. The summed E-state index contributed by atoms with van der Waals surface area (Å²) >= 11 is 3.56. The Morgan fingerprint density at radius 1 is 1.64 bits per heavy atom. The molecule has 3 nitrogen and oxygen atoms in total. The first-order valence-electron chi connectivity index (χ1n) is 4.04. The van der Waals surface area contributed by atoms with E-state index in [0.29, 0.717) is 12.5 Å². The van der Waals surface area contributed by atoms with E-state index in [1.54, 1.807) is 24.0 Å². The zero-order chi connectivity index (χ0) is 10.2. The lowest BCUT2D eigenvalue weighted by atomic mass is 10.6. The Bertz CT molecular complexity index is 348. The quantitative estimate of drug-likeness (QED) is 0.369. The molecule has 14 heavy (non-hydrogen) atoms. The summed E-state index contributed by atoms with van der Waals surface area (Å²) < 4.78 is 8.01. The molecule has 1 aromatic rings. The van der Waals surface area contributed by atoms with Crippen molar-refractivity contribution in [2.45, 2.75) is 12.1 Å². The fraction of sp³-hybridized carbons (Fsp3) is 0.333. The summed E-state index contributed by atoms with van der Waals surface area (Å²) in [6.07, 6.45) is 1.69. The third-order valence-electron chi connectivity index (χ3n) is 1.24. The highest BCUT2D eigenvalue weighted by Crippen LogP contribution is 2.14. The van der Waals surface area contributed by atoms with Gasteiger partial charge in [0.15, 0.2) is 11.8 Å². The number of rotatable bonds is 4. The smallest absolute Gasteiger partial charge is 0.218 e. The zero-order valence-electron chi connectivity index (χ0n) is 7.66. The summed E-state index contributed by atoms with van der Waals surface area (Å²) in [6.45, 7) is 2.43. The zero-order valence-corrected chi connectivity index (χ0v) is 10.6. The molecule has 0 aromatic carbocycles. The molecule has 0 unspecified atom stereocenters. The van der Waals surface area contributed by atoms with Crippen LogP contribution in [0.25, 0.3) is 0 Å². The molecule has 74 valence electrons. The molecule has 5 heteroatoms. The first-order chi connectivity index (χ1) is 6.86. The predicted molar refractivity (Wildman–Crippen MR) is 65.7 cm³/mol. The Hall–Kier alpha value is -0.480. The van der Waals surface area contributed by atoms with Gasteiger partial charge in [-0.2, -0.15) is 4.98 Å². The van der Waals surface area contributed by atoms with E-state index >= 15 is 0 Å². The third kappa shape index (κ3) is 4.15. The highest BCUT2D eigenvalue weighted by molar-refractivity contribution is 14.1. The third-order valence-corrected chi connectivity index (χ3v) is 2.37. The van der Waals surface area contributed by atoms with Crippen LogP contribution in [0.4, 0.5) is 0 Å². The fourth-order valence-corrected chi connectivity index (χ4v) is 1.45. The van der Waals surface area contributed by atoms with Crippen molar-refractivity contribution in [3.8, 4) is 15.7 Å². The number of aromatic nitrogens is 2. The summed E-state index contributed by atoms with van der Waals surface area (Å²) in [6, 6.07) is 1.73. The molecule has 1 aromatic heterocycles. The van der Waals surface area contributed by atoms with Gasteiger partial charge in [0.1, 0.15) is 0 Å². The van der Waals surface area contributed by atoms with E-state index in [2.05, 4.69) is 26.7 Å². The van der Waals surface area contributed by atoms with Gasteiger partial charge in [-0.15, -0.1) is 0 Å². The highest BCUT2D eigenvalue weighted by Gasteiger charge is 1.98. The van der Waals surface area contributed by atoms with Gasteiger partial charge in [-0.05, 0) is 9.68 Å². The van der Waals surface area contributed by atoms with Gasteiger partial charge in [0.25, 0.3) is 0 Å². The minimum absolute atomic E-state index is 0.371. The maximum Gasteiger partial charge on any atom is 0.218 e. The molecule has 0 radical (unpaired) electrons. The molecule has 0 fully saturated rings. The molecule has 0 aliphatic carbocycles. The van der Waals surface area contributed by atoms with E-state index in [0.717, 1.165) is 10.9 Å². The molecule has 1 rings (SSSR count). The molecule has 0 spiro atoms. The van der Waals surface area contributed by atoms with Crippen molar-refractivity contribution in [2.24, 2.45) is 0 Å². The molecule has 0 bridgehead atoms. The number of ether oxygens (including phenoxy) is 1. The largest absolute Gasteiger partial charge is 0.464 e. The molecule has 0 amide bonds. The maximum absolute atomic E-state index is 5.29. The van der Waals surface area contributed by atoms with Crippen LogP contribution in [0.5, 0.6) is 5.88 Å². The second-order valence-electron chi connectivity index (χ2n) is 2.17. The predicted octanol–water partition coefficient (Wildman–Crippen LogP) is 2.36. The second-order valence-corrected chi connectivity index (χ2v) is 3.94. The molecule has 1 heterocycles. The van der Waals surface area contributed by atoms with Gasteiger partial charge >= 0.3 is 0 Å². The Balaban J connectivity index is 2.57. The van der Waals surface area contributed by atoms with Crippen LogP contribution in [0.2, 0.25) is 0 Å². The molecule has 0 saturated heterocycles. The lowest BCUT2D eigenvalue weighted by Gasteiger charge is -2.01. The van der Waals surface area contributed by atoms with Crippen molar-refractivity contribution in [3.05, 3.63) is 12.3 Å². The Labute approximate surface area is 101 Å². The first kappa shape index (κ1) is 11.6. The van der Waals surface area contributed by atoms with Crippen LogP contribution in [-0.2, 0) is 0 Å². The van der Waals surface area contributed by atoms with Crippen molar-refractivity contribution in [1.82, 2.24) is 9.97 Å². The minimum Gasteiger partial charge on any atom is -0.464 e. The summed E-state index contributed by atoms with van der Waals surface area (Å²) in [5.74, 6) is 4.33. The number of nitrogens with zero attached hydrogens (tertiary/aromatic N) is 2. The lowest BCUT2D eigenvalue weighted by molar-refractivity contribution is 0.351. The van der Waals surface area contributed by atoms with Gasteiger partial charge in [-0.3, -0.25) is 0 Å². The lowest BCUT2D eigenvalue weighted by Crippen LogP contribution is -1.97. The Morgan fingerprint density at radius 3 is 3.21 bits per heavy atom. The highest BCUT2D eigenvalue weighted by atomic mass is 127. The average molecular weight is 320 g/mol. The van der Waals surface area contributed by atoms with Gasteiger partial charge in [0.2, 0.25) is 5.88 Å². The minimum atomic E-state index is 0.371. The van der Waals surface area contributed by atoms with Gasteiger partial charge in [0, 0.05) is 34.9 Å². The molecule has 0 saturated carbocycles. The molecule has 0 aliphatic rings. The standard InChI is InChI=1S/C9H9IN2OS/c1-2-14-9-11-6-4-8(12-9)13-7-3-5-10/h4,6H,2,7H2,1H3. The van der Waals surface area contributed by atoms with E-state index in [-0.39, 0.29) is 0 Å². The van der Waals surface area contributed by atoms with Crippen molar-refractivity contribution in [3.63, 3.8) is 0 Å². The van der Waals surface area contributed by atoms with Crippen LogP contribution in [-0.4, -0.2) is 22.3 Å². The monoisotopic (exact) mass is 320 g/mol. The van der Waals surface area contributed by atoms with Crippen LogP contribution < -0.4 is 4.74 Å². The van der Waals surface area contributed by atoms with Crippen LogP contribution in [0.1, 0.15) is 6.92 Å². The van der Waals surface area contributed by atoms with E-state index in [9.17, 15) is 0 Å². The summed E-state index contributed by atoms with van der Waals surface area (Å²) in [4.78, 5) is 8.29. The van der Waals surface area contributed by atoms with E-state index < -0.39 is 0 Å². The Kier molecular flexibility index (Phi) is 5.71. The van der Waals surface area contributed by atoms with Crippen molar-refractivity contribution >= 4 is 34.4 Å². The number of hydrogen-bond donors (Lipinski definition) is 0. The molecule has 0 atom stereocenters. The fourth-order valence-electron chi connectivity index (χ4n) is 0.742. The topological polar surface area (TPSA) is 35.0 Å². The van der Waals surface area contributed by atoms with Crippen molar-refractivity contribution < 1.29 is 4.74 Å². The summed E-state index contributed by atoms with van der Waals surface area (Å²) in [7, 11) is 0. The summed E-state index contributed by atoms with van der Waals surface area (Å²) in [5.41, 5.74) is 0. The van der Waals surface area contributed by atoms with Crippen LogP contribution in [0.15, 0.2) is 17.4 Å². The van der Waals surface area contributed by atoms with Crippen molar-refractivity contribution in [2.75, 3.05) is 12.4 Å². The van der Waals surface area contributed by atoms with Crippen molar-refractivity contribution in [1.29, 1.82) is 0 Å².